The van der Waals surface area contributed by atoms with E-state index >= 15 is 0 Å². The van der Waals surface area contributed by atoms with Crippen molar-refractivity contribution in [1.82, 2.24) is 36.0 Å². The summed E-state index contributed by atoms with van der Waals surface area (Å²) in [5.74, 6) is -4.68. The lowest BCUT2D eigenvalue weighted by Crippen LogP contribution is -2.63. The standard InChI is InChI=1S/C27H27N3O3.C23H27N3O3.C22H25N3O3/c1-18-10-9-11-19(2)23(18)29-26(32)24-25(31)28-16-17-30(24)27(33)22(20-12-5-3-6-13-20)21-14-7-4-8-15-21;1-2-3-14-24-21(27)20-22(28)25-15-16-26(20)23(29)19(17-10-6-4-7-11-17)18-12-8-5-9-13-18;1-15-7-6-8-16(2)19(15)24-22(28)20-21(27)23-13-14-25(20)18(26)12-11-17-9-4-3-5-10-17/h3-15,22,24H,16-17H2,1-2H3,(H,28,31)(H,29,32);4-13,19-20H,2-3,14-16H2,1H3,(H,24,27)(H,25,28);3-10,20H,11-14H2,1-2H3,(H,23,27)(H,24,28). The maximum atomic E-state index is 13.9. The zero-order valence-electron chi connectivity index (χ0n) is 51.6. The molecule has 6 N–H and O–H groups in total. The number of unbranched alkanes of at least 4 members (excludes halogenated alkanes) is 1. The number of carbonyl (C=O) groups excluding carboxylic acids is 9. The Labute approximate surface area is 526 Å². The normalized spacial score (nSPS) is 16.2. The van der Waals surface area contributed by atoms with Gasteiger partial charge in [0.2, 0.25) is 17.7 Å². The van der Waals surface area contributed by atoms with Gasteiger partial charge in [0.05, 0.1) is 11.8 Å². The number of anilines is 2. The predicted molar refractivity (Wildman–Crippen MR) is 347 cm³/mol. The van der Waals surface area contributed by atoms with Crippen LogP contribution in [0.15, 0.2) is 188 Å². The number of para-hydroxylation sites is 2. The average Bonchev–Trinajstić information content (AvgIpc) is 0.902. The average molecular weight is 1210 g/mol. The molecule has 10 rings (SSSR count). The molecule has 18 nitrogen and oxygen atoms in total. The van der Waals surface area contributed by atoms with Crippen molar-refractivity contribution in [2.45, 2.75) is 90.3 Å². The maximum Gasteiger partial charge on any atom is 0.257 e. The van der Waals surface area contributed by atoms with E-state index in [2.05, 4.69) is 31.9 Å². The molecule has 3 atom stereocenters. The first-order chi connectivity index (χ1) is 43.6. The number of aryl methyl sites for hydroxylation is 5. The smallest absolute Gasteiger partial charge is 0.257 e. The van der Waals surface area contributed by atoms with Crippen molar-refractivity contribution in [2.24, 2.45) is 0 Å². The third kappa shape index (κ3) is 16.7. The molecule has 90 heavy (non-hydrogen) atoms. The fourth-order valence-corrected chi connectivity index (χ4v) is 11.3. The molecule has 3 heterocycles. The minimum atomic E-state index is -1.25. The zero-order valence-corrected chi connectivity index (χ0v) is 51.6. The Morgan fingerprint density at radius 2 is 0.756 bits per heavy atom. The van der Waals surface area contributed by atoms with Gasteiger partial charge < -0.3 is 46.6 Å². The Hall–Kier alpha value is -10.2. The van der Waals surface area contributed by atoms with Crippen molar-refractivity contribution in [2.75, 3.05) is 56.4 Å². The van der Waals surface area contributed by atoms with E-state index in [1.807, 2.05) is 223 Å². The molecule has 0 radical (unpaired) electrons. The van der Waals surface area contributed by atoms with Gasteiger partial charge in [-0.3, -0.25) is 43.2 Å². The lowest BCUT2D eigenvalue weighted by Gasteiger charge is -2.36. The van der Waals surface area contributed by atoms with Crippen LogP contribution in [0.5, 0.6) is 0 Å². The van der Waals surface area contributed by atoms with E-state index in [9.17, 15) is 43.2 Å². The number of benzene rings is 7. The molecule has 7 aromatic carbocycles. The molecular weight excluding hydrogens is 1130 g/mol. The molecule has 3 fully saturated rings. The highest BCUT2D eigenvalue weighted by Gasteiger charge is 2.44. The second-order valence-electron chi connectivity index (χ2n) is 22.4. The van der Waals surface area contributed by atoms with Crippen LogP contribution in [-0.4, -0.2) is 132 Å². The molecular formula is C72H79N9O9. The van der Waals surface area contributed by atoms with Crippen LogP contribution in [0, 0.1) is 27.7 Å². The van der Waals surface area contributed by atoms with Crippen LogP contribution in [0.25, 0.3) is 0 Å². The van der Waals surface area contributed by atoms with Gasteiger partial charge >= 0.3 is 0 Å². The molecule has 466 valence electrons. The molecule has 3 saturated heterocycles. The van der Waals surface area contributed by atoms with Gasteiger partial charge in [-0.1, -0.05) is 201 Å². The largest absolute Gasteiger partial charge is 0.354 e. The van der Waals surface area contributed by atoms with Gasteiger partial charge in [0, 0.05) is 63.6 Å². The summed E-state index contributed by atoms with van der Waals surface area (Å²) in [4.78, 5) is 121. The number of piperazine rings is 3. The molecule has 3 aliphatic heterocycles. The van der Waals surface area contributed by atoms with Crippen molar-refractivity contribution in [1.29, 1.82) is 0 Å². The molecule has 7 aromatic rings. The highest BCUT2D eigenvalue weighted by molar-refractivity contribution is 6.14. The molecule has 3 aliphatic rings. The number of nitrogens with zero attached hydrogens (tertiary/aromatic N) is 3. The topological polar surface area (TPSA) is 236 Å². The second-order valence-corrected chi connectivity index (χ2v) is 22.4. The summed E-state index contributed by atoms with van der Waals surface area (Å²) in [5, 5.41) is 16.7. The minimum Gasteiger partial charge on any atom is -0.354 e. The van der Waals surface area contributed by atoms with Gasteiger partial charge in [0.15, 0.2) is 18.1 Å². The number of carbonyl (C=O) groups is 9. The lowest BCUT2D eigenvalue weighted by atomic mass is 9.89. The van der Waals surface area contributed by atoms with E-state index in [4.69, 9.17) is 0 Å². The predicted octanol–water partition coefficient (Wildman–Crippen LogP) is 7.66. The molecule has 0 saturated carbocycles. The van der Waals surface area contributed by atoms with Crippen molar-refractivity contribution >= 4 is 64.5 Å². The minimum absolute atomic E-state index is 0.194. The molecule has 0 spiro atoms. The summed E-state index contributed by atoms with van der Waals surface area (Å²) in [6.45, 7) is 12.0. The van der Waals surface area contributed by atoms with Crippen LogP contribution in [0.1, 0.15) is 88.1 Å². The summed E-state index contributed by atoms with van der Waals surface area (Å²) in [7, 11) is 0. The quantitative estimate of drug-likeness (QED) is 0.0387. The fraction of sp³-hybridized carbons (Fsp3) is 0.292. The summed E-state index contributed by atoms with van der Waals surface area (Å²) in [5.41, 5.74) is 9.29. The van der Waals surface area contributed by atoms with E-state index in [0.717, 1.165) is 62.9 Å². The Bertz CT molecular complexity index is 3510. The number of nitrogens with one attached hydrogen (secondary N) is 6. The number of rotatable bonds is 17. The summed E-state index contributed by atoms with van der Waals surface area (Å²) >= 11 is 0. The first kappa shape index (κ1) is 65.7. The van der Waals surface area contributed by atoms with Crippen LogP contribution in [0.3, 0.4) is 0 Å². The third-order valence-electron chi connectivity index (χ3n) is 16.1. The summed E-state index contributed by atoms with van der Waals surface area (Å²) in [6.07, 6.45) is 2.59. The van der Waals surface area contributed by atoms with Crippen LogP contribution in [0.4, 0.5) is 11.4 Å². The third-order valence-corrected chi connectivity index (χ3v) is 16.1. The number of hydrogen-bond acceptors (Lipinski definition) is 9. The fourth-order valence-electron chi connectivity index (χ4n) is 11.3. The van der Waals surface area contributed by atoms with E-state index in [1.165, 1.54) is 14.7 Å². The van der Waals surface area contributed by atoms with Gasteiger partial charge in [0.25, 0.3) is 35.4 Å². The van der Waals surface area contributed by atoms with Gasteiger partial charge in [0.1, 0.15) is 0 Å². The molecule has 0 aliphatic carbocycles. The van der Waals surface area contributed by atoms with Crippen molar-refractivity contribution < 1.29 is 43.2 Å². The SMILES string of the molecule is CCCCNC(=O)C1C(=O)NCCN1C(=O)C(c1ccccc1)c1ccccc1.Cc1cccc(C)c1NC(=O)C1C(=O)NCCN1C(=O)C(c1ccccc1)c1ccccc1.Cc1cccc(C)c1NC(=O)C1C(=O)NCCN1C(=O)CCc1ccccc1. The summed E-state index contributed by atoms with van der Waals surface area (Å²) < 4.78 is 0. The van der Waals surface area contributed by atoms with Crippen LogP contribution in [-0.2, 0) is 49.6 Å². The van der Waals surface area contributed by atoms with Crippen LogP contribution >= 0.6 is 0 Å². The molecule has 3 unspecified atom stereocenters. The van der Waals surface area contributed by atoms with E-state index in [1.54, 1.807) is 0 Å². The van der Waals surface area contributed by atoms with Crippen LogP contribution < -0.4 is 31.9 Å². The molecule has 0 bridgehead atoms. The Morgan fingerprint density at radius 1 is 0.433 bits per heavy atom. The van der Waals surface area contributed by atoms with Gasteiger partial charge in [-0.25, -0.2) is 0 Å². The lowest BCUT2D eigenvalue weighted by molar-refractivity contribution is -0.150. The molecule has 9 amide bonds. The van der Waals surface area contributed by atoms with Crippen molar-refractivity contribution in [3.8, 4) is 0 Å². The first-order valence-corrected chi connectivity index (χ1v) is 30.6. The van der Waals surface area contributed by atoms with E-state index < -0.39 is 65.4 Å². The monoisotopic (exact) mass is 1210 g/mol. The zero-order chi connectivity index (χ0) is 64.1. The molecule has 0 aromatic heterocycles. The molecule has 18 heteroatoms. The Kier molecular flexibility index (Phi) is 23.5. The first-order valence-electron chi connectivity index (χ1n) is 30.6. The van der Waals surface area contributed by atoms with Gasteiger partial charge in [-0.15, -0.1) is 0 Å². The number of amides is 9. The maximum absolute atomic E-state index is 13.9. The van der Waals surface area contributed by atoms with Gasteiger partial charge in [-0.05, 0) is 90.6 Å². The van der Waals surface area contributed by atoms with Crippen molar-refractivity contribution in [3.63, 3.8) is 0 Å². The Balaban J connectivity index is 0.000000175. The van der Waals surface area contributed by atoms with Crippen LogP contribution in [0.2, 0.25) is 0 Å². The van der Waals surface area contributed by atoms with E-state index in [0.29, 0.717) is 57.1 Å². The highest BCUT2D eigenvalue weighted by atomic mass is 16.2. The van der Waals surface area contributed by atoms with Crippen molar-refractivity contribution in [3.05, 3.63) is 238 Å². The van der Waals surface area contributed by atoms with E-state index in [-0.39, 0.29) is 30.7 Å². The number of hydrogen-bond donors (Lipinski definition) is 6. The Morgan fingerprint density at radius 3 is 1.11 bits per heavy atom. The van der Waals surface area contributed by atoms with Gasteiger partial charge in [-0.2, -0.15) is 0 Å². The summed E-state index contributed by atoms with van der Waals surface area (Å²) in [6, 6.07) is 55.4. The highest BCUT2D eigenvalue weighted by Crippen LogP contribution is 2.31. The second kappa shape index (κ2) is 32.1.